The highest BCUT2D eigenvalue weighted by molar-refractivity contribution is 5.94. The number of carbonyl (C=O) groups is 1. The van der Waals surface area contributed by atoms with E-state index in [0.29, 0.717) is 23.6 Å². The van der Waals surface area contributed by atoms with E-state index in [-0.39, 0.29) is 5.91 Å². The summed E-state index contributed by atoms with van der Waals surface area (Å²) in [5.41, 5.74) is 3.53. The first-order valence-electron chi connectivity index (χ1n) is 8.21. The standard InChI is InChI=1S/C20H21N3O3/c1-14-12-23(13-22-14)17-7-4-15(5-8-17)11-21-20(24)16-6-9-18(25-2)19(10-16)26-3/h4-10,12-13H,11H2,1-3H3,(H,21,24). The molecule has 0 bridgehead atoms. The van der Waals surface area contributed by atoms with Crippen LogP contribution in [0.4, 0.5) is 0 Å². The molecule has 6 heteroatoms. The van der Waals surface area contributed by atoms with Crippen molar-refractivity contribution < 1.29 is 14.3 Å². The molecule has 1 heterocycles. The highest BCUT2D eigenvalue weighted by atomic mass is 16.5. The van der Waals surface area contributed by atoms with Gasteiger partial charge in [-0.25, -0.2) is 4.98 Å². The van der Waals surface area contributed by atoms with Gasteiger partial charge in [-0.05, 0) is 42.8 Å². The maximum atomic E-state index is 12.4. The number of aryl methyl sites for hydroxylation is 1. The number of rotatable bonds is 6. The Kier molecular flexibility index (Phi) is 5.22. The molecule has 1 amide bonds. The summed E-state index contributed by atoms with van der Waals surface area (Å²) >= 11 is 0. The molecule has 0 spiro atoms. The summed E-state index contributed by atoms with van der Waals surface area (Å²) in [6.45, 7) is 2.39. The van der Waals surface area contributed by atoms with E-state index in [9.17, 15) is 4.79 Å². The number of nitrogens with one attached hydrogen (secondary N) is 1. The quantitative estimate of drug-likeness (QED) is 0.741. The second-order valence-electron chi connectivity index (χ2n) is 5.84. The summed E-state index contributed by atoms with van der Waals surface area (Å²) in [4.78, 5) is 16.6. The maximum absolute atomic E-state index is 12.4. The van der Waals surface area contributed by atoms with Crippen molar-refractivity contribution >= 4 is 5.91 Å². The SMILES string of the molecule is COc1ccc(C(=O)NCc2ccc(-n3cnc(C)c3)cc2)cc1OC. The van der Waals surface area contributed by atoms with Crippen LogP contribution >= 0.6 is 0 Å². The Morgan fingerprint density at radius 2 is 1.81 bits per heavy atom. The van der Waals surface area contributed by atoms with Crippen LogP contribution in [0.5, 0.6) is 11.5 Å². The topological polar surface area (TPSA) is 65.4 Å². The zero-order chi connectivity index (χ0) is 18.5. The van der Waals surface area contributed by atoms with Gasteiger partial charge in [0, 0.05) is 24.0 Å². The van der Waals surface area contributed by atoms with E-state index in [1.807, 2.05) is 42.0 Å². The van der Waals surface area contributed by atoms with Gasteiger partial charge in [-0.2, -0.15) is 0 Å². The van der Waals surface area contributed by atoms with E-state index in [1.165, 1.54) is 0 Å². The van der Waals surface area contributed by atoms with Crippen molar-refractivity contribution in [3.63, 3.8) is 0 Å². The minimum absolute atomic E-state index is 0.166. The molecule has 0 unspecified atom stereocenters. The average Bonchev–Trinajstić information content (AvgIpc) is 3.12. The lowest BCUT2D eigenvalue weighted by Crippen LogP contribution is -2.22. The van der Waals surface area contributed by atoms with Crippen LogP contribution < -0.4 is 14.8 Å². The third-order valence-electron chi connectivity index (χ3n) is 4.04. The number of carbonyl (C=O) groups excluding carboxylic acids is 1. The molecule has 1 aromatic heterocycles. The summed E-state index contributed by atoms with van der Waals surface area (Å²) in [5, 5.41) is 2.91. The van der Waals surface area contributed by atoms with Gasteiger partial charge in [0.15, 0.2) is 11.5 Å². The minimum Gasteiger partial charge on any atom is -0.493 e. The van der Waals surface area contributed by atoms with Crippen molar-refractivity contribution in [3.8, 4) is 17.2 Å². The van der Waals surface area contributed by atoms with Crippen LogP contribution in [0.2, 0.25) is 0 Å². The summed E-state index contributed by atoms with van der Waals surface area (Å²) in [5.74, 6) is 0.953. The first-order chi connectivity index (χ1) is 12.6. The zero-order valence-corrected chi connectivity index (χ0v) is 15.0. The lowest BCUT2D eigenvalue weighted by Gasteiger charge is -2.10. The molecule has 0 aliphatic rings. The predicted octanol–water partition coefficient (Wildman–Crippen LogP) is 3.13. The Labute approximate surface area is 152 Å². The van der Waals surface area contributed by atoms with Crippen LogP contribution in [0.1, 0.15) is 21.6 Å². The highest BCUT2D eigenvalue weighted by Gasteiger charge is 2.10. The minimum atomic E-state index is -0.166. The third kappa shape index (κ3) is 3.85. The Balaban J connectivity index is 1.64. The largest absolute Gasteiger partial charge is 0.493 e. The molecule has 0 aliphatic heterocycles. The van der Waals surface area contributed by atoms with Crippen LogP contribution in [-0.4, -0.2) is 29.7 Å². The molecule has 26 heavy (non-hydrogen) atoms. The van der Waals surface area contributed by atoms with Crippen LogP contribution in [-0.2, 0) is 6.54 Å². The van der Waals surface area contributed by atoms with Crippen LogP contribution in [0.3, 0.4) is 0 Å². The number of hydrogen-bond acceptors (Lipinski definition) is 4. The highest BCUT2D eigenvalue weighted by Crippen LogP contribution is 2.27. The van der Waals surface area contributed by atoms with E-state index < -0.39 is 0 Å². The Morgan fingerprint density at radius 3 is 2.42 bits per heavy atom. The summed E-state index contributed by atoms with van der Waals surface area (Å²) < 4.78 is 12.4. The Hall–Kier alpha value is -3.28. The van der Waals surface area contributed by atoms with Crippen molar-refractivity contribution in [2.45, 2.75) is 13.5 Å². The summed E-state index contributed by atoms with van der Waals surface area (Å²) in [7, 11) is 3.11. The molecule has 2 aromatic carbocycles. The fourth-order valence-electron chi connectivity index (χ4n) is 2.61. The normalized spacial score (nSPS) is 10.4. The second kappa shape index (κ2) is 7.74. The van der Waals surface area contributed by atoms with Crippen LogP contribution in [0.25, 0.3) is 5.69 Å². The fraction of sp³-hybridized carbons (Fsp3) is 0.200. The van der Waals surface area contributed by atoms with Crippen molar-refractivity contribution in [2.24, 2.45) is 0 Å². The zero-order valence-electron chi connectivity index (χ0n) is 15.0. The molecule has 0 fully saturated rings. The molecule has 0 radical (unpaired) electrons. The number of nitrogens with zero attached hydrogens (tertiary/aromatic N) is 2. The Bertz CT molecular complexity index is 901. The van der Waals surface area contributed by atoms with Gasteiger partial charge in [0.2, 0.25) is 0 Å². The van der Waals surface area contributed by atoms with Crippen molar-refractivity contribution in [1.29, 1.82) is 0 Å². The van der Waals surface area contributed by atoms with Crippen molar-refractivity contribution in [2.75, 3.05) is 14.2 Å². The Morgan fingerprint density at radius 1 is 1.08 bits per heavy atom. The first-order valence-corrected chi connectivity index (χ1v) is 8.21. The van der Waals surface area contributed by atoms with Gasteiger partial charge in [-0.3, -0.25) is 4.79 Å². The summed E-state index contributed by atoms with van der Waals surface area (Å²) in [6, 6.07) is 13.1. The number of methoxy groups -OCH3 is 2. The molecule has 0 saturated carbocycles. The number of aromatic nitrogens is 2. The molecule has 0 saturated heterocycles. The van der Waals surface area contributed by atoms with E-state index in [2.05, 4.69) is 10.3 Å². The molecule has 134 valence electrons. The molecular weight excluding hydrogens is 330 g/mol. The van der Waals surface area contributed by atoms with Crippen molar-refractivity contribution in [1.82, 2.24) is 14.9 Å². The van der Waals surface area contributed by atoms with Gasteiger partial charge in [-0.15, -0.1) is 0 Å². The summed E-state index contributed by atoms with van der Waals surface area (Å²) in [6.07, 6.45) is 3.75. The van der Waals surface area contributed by atoms with E-state index >= 15 is 0 Å². The van der Waals surface area contributed by atoms with Gasteiger partial charge < -0.3 is 19.4 Å². The number of benzene rings is 2. The lowest BCUT2D eigenvalue weighted by atomic mass is 10.1. The molecule has 3 rings (SSSR count). The number of imidazole rings is 1. The molecule has 3 aromatic rings. The van der Waals surface area contributed by atoms with Gasteiger partial charge in [0.1, 0.15) is 0 Å². The second-order valence-corrected chi connectivity index (χ2v) is 5.84. The third-order valence-corrected chi connectivity index (χ3v) is 4.04. The van der Waals surface area contributed by atoms with E-state index in [1.54, 1.807) is 38.7 Å². The molecule has 1 N–H and O–H groups in total. The van der Waals surface area contributed by atoms with Gasteiger partial charge >= 0.3 is 0 Å². The van der Waals surface area contributed by atoms with Crippen molar-refractivity contribution in [3.05, 3.63) is 71.8 Å². The van der Waals surface area contributed by atoms with Crippen LogP contribution in [0.15, 0.2) is 55.0 Å². The molecular formula is C20H21N3O3. The van der Waals surface area contributed by atoms with Gasteiger partial charge in [0.05, 0.1) is 26.2 Å². The van der Waals surface area contributed by atoms with E-state index in [4.69, 9.17) is 9.47 Å². The van der Waals surface area contributed by atoms with Crippen LogP contribution in [0, 0.1) is 6.92 Å². The fourth-order valence-corrected chi connectivity index (χ4v) is 2.61. The molecule has 0 aliphatic carbocycles. The number of ether oxygens (including phenoxy) is 2. The lowest BCUT2D eigenvalue weighted by molar-refractivity contribution is 0.0950. The van der Waals surface area contributed by atoms with Gasteiger partial charge in [0.25, 0.3) is 5.91 Å². The first kappa shape index (κ1) is 17.5. The molecule has 6 nitrogen and oxygen atoms in total. The maximum Gasteiger partial charge on any atom is 0.251 e. The van der Waals surface area contributed by atoms with E-state index in [0.717, 1.165) is 16.9 Å². The smallest absolute Gasteiger partial charge is 0.251 e. The predicted molar refractivity (Wildman–Crippen MR) is 99.0 cm³/mol. The average molecular weight is 351 g/mol. The number of hydrogen-bond donors (Lipinski definition) is 1. The number of amides is 1. The van der Waals surface area contributed by atoms with Gasteiger partial charge in [-0.1, -0.05) is 12.1 Å². The monoisotopic (exact) mass is 351 g/mol. The molecule has 0 atom stereocenters.